The number of hydrogen-bond acceptors (Lipinski definition) is 7. The number of ether oxygens (including phenoxy) is 3. The van der Waals surface area contributed by atoms with Crippen LogP contribution in [-0.4, -0.2) is 43.1 Å². The van der Waals surface area contributed by atoms with Crippen LogP contribution in [0.15, 0.2) is 66.2 Å². The molecular formula is C30H28ClNO7. The number of carbonyl (C=O) groups is 3. The number of aliphatic hydroxyl groups excluding tert-OH is 1. The van der Waals surface area contributed by atoms with Crippen LogP contribution in [0.1, 0.15) is 46.9 Å². The maximum Gasteiger partial charge on any atom is 0.338 e. The first-order valence-electron chi connectivity index (χ1n) is 12.2. The Labute approximate surface area is 231 Å². The molecule has 1 N–H and O–H groups in total. The number of ketones is 1. The molecule has 9 heteroatoms. The Morgan fingerprint density at radius 2 is 1.64 bits per heavy atom. The van der Waals surface area contributed by atoms with Crippen LogP contribution in [0.3, 0.4) is 0 Å². The maximum atomic E-state index is 13.5. The average molecular weight is 550 g/mol. The molecule has 3 aromatic rings. The first kappa shape index (κ1) is 27.7. The SMILES string of the molecule is COc1cc(/C(O)=C2\C(=O)C(=O)N(c3ccc(C(=O)OC(C)C)cc3)C2c2cccc(C)c2)c(OC)cc1Cl. The third-order valence-corrected chi connectivity index (χ3v) is 6.55. The fraction of sp³-hybridized carbons (Fsp3) is 0.233. The molecule has 1 atom stereocenters. The molecule has 202 valence electrons. The summed E-state index contributed by atoms with van der Waals surface area (Å²) in [5, 5.41) is 11.8. The summed E-state index contributed by atoms with van der Waals surface area (Å²) in [6.07, 6.45) is -0.292. The van der Waals surface area contributed by atoms with E-state index in [0.717, 1.165) is 5.56 Å². The minimum Gasteiger partial charge on any atom is -0.507 e. The van der Waals surface area contributed by atoms with E-state index in [4.69, 9.17) is 25.8 Å². The monoisotopic (exact) mass is 549 g/mol. The van der Waals surface area contributed by atoms with Gasteiger partial charge in [0.05, 0.1) is 48.1 Å². The first-order valence-corrected chi connectivity index (χ1v) is 12.6. The van der Waals surface area contributed by atoms with E-state index in [-0.39, 0.29) is 33.8 Å². The number of nitrogens with zero attached hydrogens (tertiary/aromatic N) is 1. The number of aliphatic hydroxyl groups is 1. The number of aryl methyl sites for hydroxylation is 1. The van der Waals surface area contributed by atoms with Gasteiger partial charge in [0, 0.05) is 11.8 Å². The van der Waals surface area contributed by atoms with Gasteiger partial charge < -0.3 is 19.3 Å². The molecule has 3 aromatic carbocycles. The summed E-state index contributed by atoms with van der Waals surface area (Å²) < 4.78 is 16.0. The van der Waals surface area contributed by atoms with Crippen molar-refractivity contribution < 1.29 is 33.7 Å². The Bertz CT molecular complexity index is 1480. The molecule has 0 bridgehead atoms. The fourth-order valence-electron chi connectivity index (χ4n) is 4.49. The topological polar surface area (TPSA) is 102 Å². The van der Waals surface area contributed by atoms with Crippen molar-refractivity contribution >= 4 is 40.7 Å². The van der Waals surface area contributed by atoms with Crippen LogP contribution < -0.4 is 14.4 Å². The van der Waals surface area contributed by atoms with Crippen LogP contribution in [-0.2, 0) is 14.3 Å². The molecule has 0 saturated carbocycles. The summed E-state index contributed by atoms with van der Waals surface area (Å²) in [5.74, 6) is -2.20. The van der Waals surface area contributed by atoms with Gasteiger partial charge in [-0.2, -0.15) is 0 Å². The molecule has 8 nitrogen and oxygen atoms in total. The predicted octanol–water partition coefficient (Wildman–Crippen LogP) is 5.86. The lowest BCUT2D eigenvalue weighted by Crippen LogP contribution is -2.29. The van der Waals surface area contributed by atoms with Crippen molar-refractivity contribution in [3.63, 3.8) is 0 Å². The molecule has 1 unspecified atom stereocenters. The number of methoxy groups -OCH3 is 2. The highest BCUT2D eigenvalue weighted by Gasteiger charge is 2.47. The van der Waals surface area contributed by atoms with Crippen molar-refractivity contribution in [1.82, 2.24) is 0 Å². The van der Waals surface area contributed by atoms with E-state index in [1.165, 1.54) is 43.4 Å². The largest absolute Gasteiger partial charge is 0.507 e. The number of Topliss-reactive ketones (excluding diaryl/α,β-unsaturated/α-hetero) is 1. The molecule has 1 aliphatic heterocycles. The number of anilines is 1. The summed E-state index contributed by atoms with van der Waals surface area (Å²) in [6, 6.07) is 15.4. The Morgan fingerprint density at radius 1 is 0.974 bits per heavy atom. The number of benzene rings is 3. The van der Waals surface area contributed by atoms with Gasteiger partial charge in [-0.05, 0) is 56.7 Å². The van der Waals surface area contributed by atoms with E-state index < -0.39 is 29.5 Å². The molecule has 1 amide bonds. The highest BCUT2D eigenvalue weighted by molar-refractivity contribution is 6.51. The lowest BCUT2D eigenvalue weighted by molar-refractivity contribution is -0.132. The molecule has 4 rings (SSSR count). The van der Waals surface area contributed by atoms with Gasteiger partial charge in [-0.15, -0.1) is 0 Å². The van der Waals surface area contributed by atoms with Gasteiger partial charge in [-0.1, -0.05) is 41.4 Å². The van der Waals surface area contributed by atoms with E-state index >= 15 is 0 Å². The zero-order chi connectivity index (χ0) is 28.4. The number of amides is 1. The summed E-state index contributed by atoms with van der Waals surface area (Å²) in [5.41, 5.74) is 2.19. The maximum absolute atomic E-state index is 13.5. The van der Waals surface area contributed by atoms with Gasteiger partial charge in [0.1, 0.15) is 17.3 Å². The van der Waals surface area contributed by atoms with Crippen LogP contribution in [0.4, 0.5) is 5.69 Å². The van der Waals surface area contributed by atoms with Crippen LogP contribution in [0.25, 0.3) is 5.76 Å². The number of hydrogen-bond donors (Lipinski definition) is 1. The third kappa shape index (κ3) is 5.33. The summed E-state index contributed by atoms with van der Waals surface area (Å²) >= 11 is 6.24. The van der Waals surface area contributed by atoms with Gasteiger partial charge >= 0.3 is 5.97 Å². The number of esters is 1. The minimum atomic E-state index is -0.968. The van der Waals surface area contributed by atoms with Crippen LogP contribution in [0.5, 0.6) is 11.5 Å². The normalized spacial score (nSPS) is 16.5. The molecule has 0 aliphatic carbocycles. The minimum absolute atomic E-state index is 0.128. The summed E-state index contributed by atoms with van der Waals surface area (Å²) in [6.45, 7) is 5.38. The van der Waals surface area contributed by atoms with Crippen molar-refractivity contribution in [2.45, 2.75) is 32.9 Å². The van der Waals surface area contributed by atoms with Gasteiger partial charge in [-0.25, -0.2) is 4.79 Å². The van der Waals surface area contributed by atoms with Crippen molar-refractivity contribution in [1.29, 1.82) is 0 Å². The van der Waals surface area contributed by atoms with Crippen LogP contribution in [0, 0.1) is 6.92 Å². The first-order chi connectivity index (χ1) is 18.6. The Hall–Kier alpha value is -4.30. The van der Waals surface area contributed by atoms with Gasteiger partial charge in [0.2, 0.25) is 0 Å². The highest BCUT2D eigenvalue weighted by Crippen LogP contribution is 2.45. The third-order valence-electron chi connectivity index (χ3n) is 6.26. The molecule has 0 radical (unpaired) electrons. The molecule has 1 saturated heterocycles. The van der Waals surface area contributed by atoms with E-state index in [2.05, 4.69) is 0 Å². The number of rotatable bonds is 7. The quantitative estimate of drug-likeness (QED) is 0.170. The van der Waals surface area contributed by atoms with Gasteiger partial charge in [0.15, 0.2) is 0 Å². The van der Waals surface area contributed by atoms with Gasteiger partial charge in [0.25, 0.3) is 11.7 Å². The summed E-state index contributed by atoms with van der Waals surface area (Å²) in [4.78, 5) is 40.6. The van der Waals surface area contributed by atoms with Crippen molar-refractivity contribution in [2.75, 3.05) is 19.1 Å². The Kier molecular flexibility index (Phi) is 7.97. The summed E-state index contributed by atoms with van der Waals surface area (Å²) in [7, 11) is 2.82. The second-order valence-corrected chi connectivity index (χ2v) is 9.68. The van der Waals surface area contributed by atoms with Crippen molar-refractivity contribution in [3.05, 3.63) is 93.5 Å². The van der Waals surface area contributed by atoms with Crippen molar-refractivity contribution in [3.8, 4) is 11.5 Å². The van der Waals surface area contributed by atoms with Crippen LogP contribution >= 0.6 is 11.6 Å². The van der Waals surface area contributed by atoms with Crippen molar-refractivity contribution in [2.24, 2.45) is 0 Å². The Morgan fingerprint density at radius 3 is 2.23 bits per heavy atom. The molecule has 0 aromatic heterocycles. The molecule has 1 aliphatic rings. The van der Waals surface area contributed by atoms with E-state index in [0.29, 0.717) is 16.8 Å². The average Bonchev–Trinajstić information content (AvgIpc) is 3.17. The van der Waals surface area contributed by atoms with E-state index in [1.54, 1.807) is 32.0 Å². The molecule has 1 fully saturated rings. The second-order valence-electron chi connectivity index (χ2n) is 9.27. The molecule has 1 heterocycles. The standard InChI is InChI=1S/C30H28ClNO7/c1-16(2)39-30(36)18-9-11-20(12-10-18)32-26(19-8-6-7-17(3)13-19)25(28(34)29(32)35)27(33)21-14-24(38-5)22(31)15-23(21)37-4/h6-16,26,33H,1-5H3/b27-25+. The fourth-order valence-corrected chi connectivity index (χ4v) is 4.72. The van der Waals surface area contributed by atoms with Gasteiger partial charge in [-0.3, -0.25) is 14.5 Å². The molecule has 0 spiro atoms. The molecular weight excluding hydrogens is 522 g/mol. The zero-order valence-corrected chi connectivity index (χ0v) is 22.9. The number of carbonyl (C=O) groups excluding carboxylic acids is 3. The van der Waals surface area contributed by atoms with Crippen LogP contribution in [0.2, 0.25) is 5.02 Å². The van der Waals surface area contributed by atoms with E-state index in [9.17, 15) is 19.5 Å². The lowest BCUT2D eigenvalue weighted by Gasteiger charge is -2.26. The number of halogens is 1. The Balaban J connectivity index is 1.91. The highest BCUT2D eigenvalue weighted by atomic mass is 35.5. The predicted molar refractivity (Wildman–Crippen MR) is 148 cm³/mol. The van der Waals surface area contributed by atoms with E-state index in [1.807, 2.05) is 25.1 Å². The second kappa shape index (κ2) is 11.2. The smallest absolute Gasteiger partial charge is 0.338 e. The molecule has 39 heavy (non-hydrogen) atoms. The zero-order valence-electron chi connectivity index (χ0n) is 22.2. The lowest BCUT2D eigenvalue weighted by atomic mass is 9.94.